The van der Waals surface area contributed by atoms with Crippen molar-refractivity contribution in [1.29, 1.82) is 0 Å². The number of amides is 1. The molecule has 0 saturated carbocycles. The molecule has 1 amide bonds. The molecule has 0 radical (unpaired) electrons. The van der Waals surface area contributed by atoms with Crippen LogP contribution >= 0.6 is 11.6 Å². The van der Waals surface area contributed by atoms with Gasteiger partial charge in [0.05, 0.1) is 6.20 Å². The molecule has 0 aliphatic rings. The van der Waals surface area contributed by atoms with Gasteiger partial charge in [0, 0.05) is 5.41 Å². The Morgan fingerprint density at radius 2 is 2.24 bits per heavy atom. The summed E-state index contributed by atoms with van der Waals surface area (Å²) in [6, 6.07) is 0.210. The predicted molar refractivity (Wildman–Crippen MR) is 68.4 cm³/mol. The zero-order chi connectivity index (χ0) is 13.1. The maximum absolute atomic E-state index is 11.6. The first-order chi connectivity index (χ1) is 7.84. The lowest BCUT2D eigenvalue weighted by atomic mass is 9.94. The molecule has 1 atom stereocenters. The molecule has 1 N–H and O–H groups in total. The van der Waals surface area contributed by atoms with E-state index in [1.807, 2.05) is 27.7 Å². The number of nitrogens with zero attached hydrogens (tertiary/aromatic N) is 1. The number of halogens is 1. The van der Waals surface area contributed by atoms with E-state index in [-0.39, 0.29) is 17.3 Å². The topological polar surface area (TPSA) is 55.1 Å². The van der Waals surface area contributed by atoms with Gasteiger partial charge in [-0.25, -0.2) is 4.98 Å². The molecule has 1 heterocycles. The predicted octanol–water partition coefficient (Wildman–Crippen LogP) is 3.32. The van der Waals surface area contributed by atoms with Gasteiger partial charge < -0.3 is 4.42 Å². The first-order valence-corrected chi connectivity index (χ1v) is 6.19. The number of anilines is 1. The molecule has 0 saturated heterocycles. The molecule has 0 fully saturated rings. The number of carbonyl (C=O) groups excluding carboxylic acids is 1. The van der Waals surface area contributed by atoms with E-state index < -0.39 is 5.38 Å². The van der Waals surface area contributed by atoms with Crippen LogP contribution in [-0.4, -0.2) is 16.3 Å². The largest absolute Gasteiger partial charge is 0.428 e. The lowest BCUT2D eigenvalue weighted by Crippen LogP contribution is -2.23. The Bertz CT molecular complexity index is 382. The first kappa shape index (κ1) is 14.0. The fraction of sp³-hybridized carbons (Fsp3) is 0.667. The van der Waals surface area contributed by atoms with Crippen LogP contribution in [0.4, 0.5) is 6.01 Å². The molecule has 0 aromatic carbocycles. The van der Waals surface area contributed by atoms with Crippen molar-refractivity contribution in [2.24, 2.45) is 0 Å². The van der Waals surface area contributed by atoms with Gasteiger partial charge in [-0.3, -0.25) is 10.1 Å². The highest BCUT2D eigenvalue weighted by molar-refractivity contribution is 6.32. The maximum atomic E-state index is 11.6. The maximum Gasteiger partial charge on any atom is 0.301 e. The smallest absolute Gasteiger partial charge is 0.301 e. The normalized spacial score (nSPS) is 13.5. The Balaban J connectivity index is 2.64. The van der Waals surface area contributed by atoms with Crippen molar-refractivity contribution in [2.75, 3.05) is 5.32 Å². The summed E-state index contributed by atoms with van der Waals surface area (Å²) in [6.07, 6.45) is 3.12. The highest BCUT2D eigenvalue weighted by atomic mass is 35.5. The van der Waals surface area contributed by atoms with E-state index in [9.17, 15) is 4.79 Å². The fourth-order valence-electron chi connectivity index (χ4n) is 1.25. The fourth-order valence-corrected chi connectivity index (χ4v) is 1.52. The Hall–Kier alpha value is -1.03. The minimum Gasteiger partial charge on any atom is -0.428 e. The third kappa shape index (κ3) is 4.04. The standard InChI is InChI=1S/C12H19ClN2O2/c1-5-6-8(13)10(16)15-11-14-7-9(17-11)12(2,3)4/h7-8H,5-6H2,1-4H3,(H,14,15,16). The van der Waals surface area contributed by atoms with Gasteiger partial charge in [0.25, 0.3) is 0 Å². The van der Waals surface area contributed by atoms with Gasteiger partial charge in [0.1, 0.15) is 11.1 Å². The molecule has 4 nitrogen and oxygen atoms in total. The number of hydrogen-bond acceptors (Lipinski definition) is 3. The molecule has 5 heteroatoms. The Morgan fingerprint density at radius 1 is 1.59 bits per heavy atom. The van der Waals surface area contributed by atoms with Crippen molar-refractivity contribution < 1.29 is 9.21 Å². The van der Waals surface area contributed by atoms with Crippen molar-refractivity contribution in [3.63, 3.8) is 0 Å². The van der Waals surface area contributed by atoms with Crippen molar-refractivity contribution in [1.82, 2.24) is 4.98 Å². The second-order valence-corrected chi connectivity index (χ2v) is 5.55. The van der Waals surface area contributed by atoms with Crippen LogP contribution in [0.25, 0.3) is 0 Å². The van der Waals surface area contributed by atoms with E-state index in [0.29, 0.717) is 6.42 Å². The third-order valence-corrected chi connectivity index (χ3v) is 2.72. The summed E-state index contributed by atoms with van der Waals surface area (Å²) in [6.45, 7) is 8.02. The van der Waals surface area contributed by atoms with Gasteiger partial charge in [-0.1, -0.05) is 34.1 Å². The summed E-state index contributed by atoms with van der Waals surface area (Å²) in [5.74, 6) is 0.463. The minimum absolute atomic E-state index is 0.125. The van der Waals surface area contributed by atoms with Crippen LogP contribution in [0.2, 0.25) is 0 Å². The van der Waals surface area contributed by atoms with Crippen LogP contribution in [0.3, 0.4) is 0 Å². The summed E-state index contributed by atoms with van der Waals surface area (Å²) in [4.78, 5) is 15.6. The van der Waals surface area contributed by atoms with E-state index in [4.69, 9.17) is 16.0 Å². The summed E-state index contributed by atoms with van der Waals surface area (Å²) < 4.78 is 5.45. The highest BCUT2D eigenvalue weighted by Gasteiger charge is 2.21. The highest BCUT2D eigenvalue weighted by Crippen LogP contribution is 2.24. The molecule has 1 unspecified atom stereocenters. The van der Waals surface area contributed by atoms with Gasteiger partial charge in [0.15, 0.2) is 0 Å². The number of aromatic nitrogens is 1. The van der Waals surface area contributed by atoms with Gasteiger partial charge in [0.2, 0.25) is 5.91 Å². The summed E-state index contributed by atoms with van der Waals surface area (Å²) >= 11 is 5.90. The summed E-state index contributed by atoms with van der Waals surface area (Å²) in [7, 11) is 0. The van der Waals surface area contributed by atoms with Crippen LogP contribution in [-0.2, 0) is 10.2 Å². The Labute approximate surface area is 107 Å². The first-order valence-electron chi connectivity index (χ1n) is 5.76. The Morgan fingerprint density at radius 3 is 2.71 bits per heavy atom. The zero-order valence-corrected chi connectivity index (χ0v) is 11.5. The lowest BCUT2D eigenvalue weighted by molar-refractivity contribution is -0.116. The van der Waals surface area contributed by atoms with Crippen LogP contribution in [0, 0.1) is 0 Å². The van der Waals surface area contributed by atoms with Crippen molar-refractivity contribution in [2.45, 2.75) is 51.3 Å². The van der Waals surface area contributed by atoms with E-state index >= 15 is 0 Å². The number of alkyl halides is 1. The van der Waals surface area contributed by atoms with Crippen LogP contribution in [0.5, 0.6) is 0 Å². The molecule has 1 aromatic rings. The van der Waals surface area contributed by atoms with E-state index in [1.54, 1.807) is 6.20 Å². The number of rotatable bonds is 4. The average molecular weight is 259 g/mol. The second-order valence-electron chi connectivity index (χ2n) is 5.03. The minimum atomic E-state index is -0.537. The molecular formula is C12H19ClN2O2. The van der Waals surface area contributed by atoms with E-state index in [0.717, 1.165) is 12.2 Å². The summed E-state index contributed by atoms with van der Waals surface area (Å²) in [5, 5.41) is 2.03. The average Bonchev–Trinajstić information content (AvgIpc) is 2.66. The zero-order valence-electron chi connectivity index (χ0n) is 10.7. The third-order valence-electron chi connectivity index (χ3n) is 2.30. The van der Waals surface area contributed by atoms with Gasteiger partial charge >= 0.3 is 6.01 Å². The van der Waals surface area contributed by atoms with Crippen molar-refractivity contribution in [3.8, 4) is 0 Å². The molecule has 96 valence electrons. The monoisotopic (exact) mass is 258 g/mol. The SMILES string of the molecule is CCCC(Cl)C(=O)Nc1ncc(C(C)(C)C)o1. The molecule has 17 heavy (non-hydrogen) atoms. The van der Waals surface area contributed by atoms with E-state index in [1.165, 1.54) is 0 Å². The molecule has 0 aliphatic heterocycles. The molecule has 1 rings (SSSR count). The Kier molecular flexibility index (Phi) is 4.57. The van der Waals surface area contributed by atoms with Gasteiger partial charge in [-0.2, -0.15) is 0 Å². The van der Waals surface area contributed by atoms with Crippen LogP contribution in [0.15, 0.2) is 10.6 Å². The molecule has 0 aliphatic carbocycles. The molecule has 0 bridgehead atoms. The number of oxazole rings is 1. The number of nitrogens with one attached hydrogen (secondary N) is 1. The number of carbonyl (C=O) groups is 1. The molecule has 0 spiro atoms. The second kappa shape index (κ2) is 5.54. The summed E-state index contributed by atoms with van der Waals surface area (Å²) in [5.41, 5.74) is -0.125. The van der Waals surface area contributed by atoms with Crippen LogP contribution < -0.4 is 5.32 Å². The molecular weight excluding hydrogens is 240 g/mol. The quantitative estimate of drug-likeness (QED) is 0.843. The molecule has 1 aromatic heterocycles. The van der Waals surface area contributed by atoms with Crippen molar-refractivity contribution >= 4 is 23.5 Å². The van der Waals surface area contributed by atoms with Gasteiger partial charge in [-0.15, -0.1) is 11.6 Å². The number of hydrogen-bond donors (Lipinski definition) is 1. The lowest BCUT2D eigenvalue weighted by Gasteiger charge is -2.13. The van der Waals surface area contributed by atoms with E-state index in [2.05, 4.69) is 10.3 Å². The van der Waals surface area contributed by atoms with Crippen LogP contribution in [0.1, 0.15) is 46.3 Å². The van der Waals surface area contributed by atoms with Crippen molar-refractivity contribution in [3.05, 3.63) is 12.0 Å². The van der Waals surface area contributed by atoms with Gasteiger partial charge in [-0.05, 0) is 6.42 Å².